The third-order valence-electron chi connectivity index (χ3n) is 8.29. The Kier molecular flexibility index (Phi) is 4.84. The Morgan fingerprint density at radius 2 is 1.96 bits per heavy atom. The summed E-state index contributed by atoms with van der Waals surface area (Å²) in [6.45, 7) is 9.18. The maximum Gasteiger partial charge on any atom is 0.0624 e. The first kappa shape index (κ1) is 18.0. The summed E-state index contributed by atoms with van der Waals surface area (Å²) in [5, 5.41) is 29.5. The Morgan fingerprint density at radius 1 is 1.21 bits per heavy atom. The van der Waals surface area contributed by atoms with Crippen LogP contribution in [0.4, 0.5) is 0 Å². The third kappa shape index (κ3) is 2.63. The Morgan fingerprint density at radius 3 is 2.62 bits per heavy atom. The van der Waals surface area contributed by atoms with Gasteiger partial charge in [0.05, 0.1) is 12.2 Å². The molecule has 0 bridgehead atoms. The first-order valence-corrected chi connectivity index (χ1v) is 9.71. The van der Waals surface area contributed by atoms with E-state index in [2.05, 4.69) is 26.5 Å². The van der Waals surface area contributed by atoms with Gasteiger partial charge in [-0.25, -0.2) is 0 Å². The smallest absolute Gasteiger partial charge is 0.0624 e. The van der Waals surface area contributed by atoms with E-state index in [9.17, 15) is 15.5 Å². The lowest BCUT2D eigenvalue weighted by Gasteiger charge is -2.56. The highest BCUT2D eigenvalue weighted by molar-refractivity contribution is 5.21. The van der Waals surface area contributed by atoms with Crippen molar-refractivity contribution in [3.63, 3.8) is 0 Å². The topological polar surface area (TPSA) is 64.2 Å². The Labute approximate surface area is 146 Å². The number of rotatable bonds is 3. The summed E-state index contributed by atoms with van der Waals surface area (Å²) in [7, 11) is 0. The quantitative estimate of drug-likeness (QED) is 0.767. The number of nitriles is 1. The summed E-state index contributed by atoms with van der Waals surface area (Å²) in [5.41, 5.74) is 1.63. The van der Waals surface area contributed by atoms with Crippen LogP contribution in [0.3, 0.4) is 0 Å². The summed E-state index contributed by atoms with van der Waals surface area (Å²) >= 11 is 0. The Hall–Kier alpha value is -0.850. The van der Waals surface area contributed by atoms with Crippen molar-refractivity contribution >= 4 is 0 Å². The molecule has 7 atom stereocenters. The molecular formula is C21H33NO2. The summed E-state index contributed by atoms with van der Waals surface area (Å²) in [5.74, 6) is 1.60. The second-order valence-electron chi connectivity index (χ2n) is 9.15. The van der Waals surface area contributed by atoms with Crippen LogP contribution < -0.4 is 0 Å². The lowest BCUT2D eigenvalue weighted by Crippen LogP contribution is -2.51. The van der Waals surface area contributed by atoms with E-state index in [0.29, 0.717) is 30.6 Å². The highest BCUT2D eigenvalue weighted by Gasteiger charge is 2.56. The van der Waals surface area contributed by atoms with Gasteiger partial charge in [-0.15, -0.1) is 0 Å². The molecule has 3 saturated carbocycles. The number of nitrogens with zero attached hydrogens (tertiary/aromatic N) is 1. The molecule has 3 aliphatic carbocycles. The molecule has 3 fully saturated rings. The lowest BCUT2D eigenvalue weighted by molar-refractivity contribution is -0.0928. The lowest BCUT2D eigenvalue weighted by atomic mass is 9.49. The van der Waals surface area contributed by atoms with Gasteiger partial charge in [-0.3, -0.25) is 0 Å². The van der Waals surface area contributed by atoms with Crippen molar-refractivity contribution in [2.45, 2.75) is 71.3 Å². The van der Waals surface area contributed by atoms with Crippen molar-refractivity contribution in [2.24, 2.45) is 34.5 Å². The molecule has 0 unspecified atom stereocenters. The van der Waals surface area contributed by atoms with Gasteiger partial charge in [0.25, 0.3) is 0 Å². The minimum atomic E-state index is -0.273. The monoisotopic (exact) mass is 331 g/mol. The second kappa shape index (κ2) is 6.46. The van der Waals surface area contributed by atoms with Crippen LogP contribution in [0.5, 0.6) is 0 Å². The van der Waals surface area contributed by atoms with Crippen molar-refractivity contribution < 1.29 is 10.2 Å². The van der Waals surface area contributed by atoms with Crippen LogP contribution in [0.25, 0.3) is 0 Å². The third-order valence-corrected chi connectivity index (χ3v) is 8.29. The van der Waals surface area contributed by atoms with Gasteiger partial charge >= 0.3 is 0 Å². The fourth-order valence-electron chi connectivity index (χ4n) is 6.57. The van der Waals surface area contributed by atoms with Crippen molar-refractivity contribution in [2.75, 3.05) is 6.61 Å². The van der Waals surface area contributed by atoms with E-state index in [4.69, 9.17) is 0 Å². The summed E-state index contributed by atoms with van der Waals surface area (Å²) in [6.07, 6.45) is 7.42. The van der Waals surface area contributed by atoms with E-state index in [0.717, 1.165) is 25.7 Å². The van der Waals surface area contributed by atoms with Gasteiger partial charge in [0.15, 0.2) is 0 Å². The maximum atomic E-state index is 10.1. The minimum absolute atomic E-state index is 0.0424. The normalized spacial score (nSPS) is 48.8. The zero-order valence-corrected chi connectivity index (χ0v) is 15.3. The van der Waals surface area contributed by atoms with Gasteiger partial charge < -0.3 is 10.2 Å². The van der Waals surface area contributed by atoms with Crippen LogP contribution >= 0.6 is 0 Å². The first-order chi connectivity index (χ1) is 11.4. The number of hydrogen-bond donors (Lipinski definition) is 2. The molecule has 0 aromatic rings. The number of fused-ring (bicyclic) bond motifs is 1. The minimum Gasteiger partial charge on any atom is -0.396 e. The molecule has 24 heavy (non-hydrogen) atoms. The van der Waals surface area contributed by atoms with Crippen LogP contribution in [-0.4, -0.2) is 22.9 Å². The molecule has 3 nitrogen and oxygen atoms in total. The number of aliphatic hydroxyl groups excluding tert-OH is 2. The zero-order valence-electron chi connectivity index (χ0n) is 15.3. The molecular weight excluding hydrogens is 298 g/mol. The number of aliphatic hydroxyl groups is 2. The van der Waals surface area contributed by atoms with Crippen LogP contribution in [0, 0.1) is 45.8 Å². The molecule has 0 aliphatic heterocycles. The van der Waals surface area contributed by atoms with Gasteiger partial charge in [-0.2, -0.15) is 5.26 Å². The van der Waals surface area contributed by atoms with Gasteiger partial charge in [0, 0.05) is 13.0 Å². The first-order valence-electron chi connectivity index (χ1n) is 9.71. The molecule has 134 valence electrons. The van der Waals surface area contributed by atoms with Crippen LogP contribution in [0.2, 0.25) is 0 Å². The summed E-state index contributed by atoms with van der Waals surface area (Å²) < 4.78 is 0. The molecule has 0 amide bonds. The predicted octanol–water partition coefficient (Wildman–Crippen LogP) is 4.06. The second-order valence-corrected chi connectivity index (χ2v) is 9.15. The zero-order chi connectivity index (χ0) is 17.5. The van der Waals surface area contributed by atoms with Gasteiger partial charge in [0.2, 0.25) is 0 Å². The highest BCUT2D eigenvalue weighted by atomic mass is 16.3. The fraction of sp³-hybridized carbons (Fsp3) is 0.857. The van der Waals surface area contributed by atoms with Crippen molar-refractivity contribution in [3.8, 4) is 6.07 Å². The van der Waals surface area contributed by atoms with E-state index >= 15 is 0 Å². The molecule has 0 aromatic carbocycles. The average Bonchev–Trinajstić information content (AvgIpc) is 2.86. The molecule has 3 rings (SSSR count). The van der Waals surface area contributed by atoms with E-state index in [1.165, 1.54) is 18.4 Å². The van der Waals surface area contributed by atoms with E-state index in [1.54, 1.807) is 0 Å². The molecule has 3 aliphatic rings. The fourth-order valence-corrected chi connectivity index (χ4v) is 6.57. The van der Waals surface area contributed by atoms with Crippen molar-refractivity contribution in [1.29, 1.82) is 5.26 Å². The number of allylic oxidation sites excluding steroid dienone is 1. The van der Waals surface area contributed by atoms with Crippen LogP contribution in [0.1, 0.15) is 65.2 Å². The molecule has 3 heteroatoms. The van der Waals surface area contributed by atoms with Crippen molar-refractivity contribution in [1.82, 2.24) is 0 Å². The molecule has 0 heterocycles. The summed E-state index contributed by atoms with van der Waals surface area (Å²) in [6, 6.07) is 2.47. The molecule has 0 aromatic heterocycles. The van der Waals surface area contributed by atoms with Crippen LogP contribution in [0.15, 0.2) is 12.2 Å². The SMILES string of the molecule is C=C1CC[C@H]2[C@H](CC#N)[C@@H]([C@]3(C)CC[C@H](O)C[C@@H]3CO)CC[C@]12C. The number of hydrogen-bond acceptors (Lipinski definition) is 3. The molecule has 0 spiro atoms. The molecule has 2 N–H and O–H groups in total. The highest BCUT2D eigenvalue weighted by Crippen LogP contribution is 2.64. The van der Waals surface area contributed by atoms with E-state index in [1.807, 2.05) is 0 Å². The molecule has 0 radical (unpaired) electrons. The van der Waals surface area contributed by atoms with Gasteiger partial charge in [-0.1, -0.05) is 26.0 Å². The predicted molar refractivity (Wildman–Crippen MR) is 95.0 cm³/mol. The summed E-state index contributed by atoms with van der Waals surface area (Å²) in [4.78, 5) is 0. The van der Waals surface area contributed by atoms with Gasteiger partial charge in [-0.05, 0) is 79.4 Å². The van der Waals surface area contributed by atoms with E-state index in [-0.39, 0.29) is 29.5 Å². The van der Waals surface area contributed by atoms with Gasteiger partial charge in [0.1, 0.15) is 0 Å². The largest absolute Gasteiger partial charge is 0.396 e. The Balaban J connectivity index is 1.92. The molecule has 0 saturated heterocycles. The van der Waals surface area contributed by atoms with Crippen molar-refractivity contribution in [3.05, 3.63) is 12.2 Å². The maximum absolute atomic E-state index is 10.1. The average molecular weight is 332 g/mol. The van der Waals surface area contributed by atoms with Crippen LogP contribution in [-0.2, 0) is 0 Å². The Bertz CT molecular complexity index is 538. The standard InChI is InChI=1S/C21H33NO2/c1-14-4-5-18-17(8-11-22)19(7-10-20(14,18)2)21(3)9-6-16(24)12-15(21)13-23/h15-19,23-24H,1,4-10,12-13H2,2-3H3/t15-,16+,17+,18+,19+,20-,21-/m1/s1. The van der Waals surface area contributed by atoms with E-state index < -0.39 is 0 Å².